The fourth-order valence-electron chi connectivity index (χ4n) is 3.74. The van der Waals surface area contributed by atoms with E-state index in [-0.39, 0.29) is 11.8 Å². The Morgan fingerprint density at radius 2 is 1.57 bits per heavy atom. The molecule has 142 valence electrons. The first kappa shape index (κ1) is 18.2. The zero-order valence-corrected chi connectivity index (χ0v) is 16.3. The van der Waals surface area contributed by atoms with E-state index >= 15 is 0 Å². The Hall–Kier alpha value is -3.21. The van der Waals surface area contributed by atoms with Crippen LogP contribution < -0.4 is 10.6 Å². The average Bonchev–Trinajstić information content (AvgIpc) is 3.47. The van der Waals surface area contributed by atoms with Crippen molar-refractivity contribution < 1.29 is 9.59 Å². The van der Waals surface area contributed by atoms with E-state index < -0.39 is 5.41 Å². The highest BCUT2D eigenvalue weighted by Gasteiger charge is 2.56. The Bertz CT molecular complexity index is 1070. The van der Waals surface area contributed by atoms with E-state index in [1.807, 2.05) is 63.2 Å². The maximum atomic E-state index is 13.0. The summed E-state index contributed by atoms with van der Waals surface area (Å²) in [7, 11) is 0. The average molecular weight is 373 g/mol. The number of amides is 2. The van der Waals surface area contributed by atoms with Crippen molar-refractivity contribution in [1.82, 2.24) is 4.98 Å². The van der Waals surface area contributed by atoms with Gasteiger partial charge in [0.25, 0.3) is 0 Å². The van der Waals surface area contributed by atoms with Crippen LogP contribution in [0.3, 0.4) is 0 Å². The Morgan fingerprint density at radius 3 is 2.25 bits per heavy atom. The third-order valence-corrected chi connectivity index (χ3v) is 5.42. The van der Waals surface area contributed by atoms with Crippen molar-refractivity contribution in [3.63, 3.8) is 0 Å². The molecule has 2 aromatic carbocycles. The van der Waals surface area contributed by atoms with Crippen LogP contribution in [0.2, 0.25) is 0 Å². The van der Waals surface area contributed by atoms with Gasteiger partial charge in [0.15, 0.2) is 0 Å². The molecule has 3 aromatic rings. The number of nitrogens with zero attached hydrogens (tertiary/aromatic N) is 1. The molecule has 0 bridgehead atoms. The van der Waals surface area contributed by atoms with Gasteiger partial charge in [-0.3, -0.25) is 14.6 Å². The molecular weight excluding hydrogens is 350 g/mol. The third kappa shape index (κ3) is 3.13. The highest BCUT2D eigenvalue weighted by molar-refractivity contribution is 6.18. The van der Waals surface area contributed by atoms with Crippen LogP contribution in [-0.2, 0) is 9.59 Å². The topological polar surface area (TPSA) is 71.1 Å². The van der Waals surface area contributed by atoms with E-state index in [4.69, 9.17) is 0 Å². The first-order valence-electron chi connectivity index (χ1n) is 9.45. The van der Waals surface area contributed by atoms with Crippen LogP contribution in [-0.4, -0.2) is 16.8 Å². The van der Waals surface area contributed by atoms with Crippen molar-refractivity contribution in [2.24, 2.45) is 5.41 Å². The zero-order chi connectivity index (χ0) is 19.9. The minimum atomic E-state index is -1.01. The largest absolute Gasteiger partial charge is 0.325 e. The fourth-order valence-corrected chi connectivity index (χ4v) is 3.74. The summed E-state index contributed by atoms with van der Waals surface area (Å²) in [6.07, 6.45) is 2.79. The molecule has 1 heterocycles. The van der Waals surface area contributed by atoms with Gasteiger partial charge < -0.3 is 10.6 Å². The lowest BCUT2D eigenvalue weighted by Crippen LogP contribution is -2.36. The maximum Gasteiger partial charge on any atom is 0.240 e. The molecule has 0 unspecified atom stereocenters. The lowest BCUT2D eigenvalue weighted by atomic mass is 10.0. The summed E-state index contributed by atoms with van der Waals surface area (Å²) >= 11 is 0. The number of hydrogen-bond donors (Lipinski definition) is 2. The number of carbonyl (C=O) groups excluding carboxylic acids is 2. The summed E-state index contributed by atoms with van der Waals surface area (Å²) in [5, 5.41) is 6.87. The molecule has 0 spiro atoms. The number of rotatable bonds is 4. The summed E-state index contributed by atoms with van der Waals surface area (Å²) in [6, 6.07) is 13.5. The minimum Gasteiger partial charge on any atom is -0.325 e. The molecule has 0 atom stereocenters. The smallest absolute Gasteiger partial charge is 0.240 e. The normalized spacial score (nSPS) is 14.5. The molecule has 0 radical (unpaired) electrons. The van der Waals surface area contributed by atoms with E-state index in [9.17, 15) is 9.59 Å². The number of para-hydroxylation sites is 1. The molecule has 1 fully saturated rings. The number of carbonyl (C=O) groups is 2. The van der Waals surface area contributed by atoms with Gasteiger partial charge in [-0.25, -0.2) is 0 Å². The van der Waals surface area contributed by atoms with Gasteiger partial charge in [-0.2, -0.15) is 0 Å². The highest BCUT2D eigenvalue weighted by Crippen LogP contribution is 2.48. The highest BCUT2D eigenvalue weighted by atomic mass is 16.2. The summed E-state index contributed by atoms with van der Waals surface area (Å²) in [5.74, 6) is -0.515. The van der Waals surface area contributed by atoms with Crippen molar-refractivity contribution in [2.75, 3.05) is 10.6 Å². The molecule has 5 heteroatoms. The summed E-state index contributed by atoms with van der Waals surface area (Å²) < 4.78 is 0. The van der Waals surface area contributed by atoms with Gasteiger partial charge in [0.2, 0.25) is 11.8 Å². The van der Waals surface area contributed by atoms with E-state index in [2.05, 4.69) is 15.6 Å². The van der Waals surface area contributed by atoms with E-state index in [1.54, 1.807) is 6.20 Å². The summed E-state index contributed by atoms with van der Waals surface area (Å²) in [5.41, 5.74) is 4.28. The van der Waals surface area contributed by atoms with Crippen molar-refractivity contribution >= 4 is 34.1 Å². The number of aryl methyl sites for hydroxylation is 3. The van der Waals surface area contributed by atoms with Gasteiger partial charge in [-0.05, 0) is 56.9 Å². The van der Waals surface area contributed by atoms with Crippen LogP contribution in [0.5, 0.6) is 0 Å². The summed E-state index contributed by atoms with van der Waals surface area (Å²) in [6.45, 7) is 5.97. The second-order valence-electron chi connectivity index (χ2n) is 7.64. The number of benzene rings is 2. The third-order valence-electron chi connectivity index (χ3n) is 5.42. The molecule has 4 rings (SSSR count). The molecule has 2 amide bonds. The number of nitrogens with one attached hydrogen (secondary N) is 2. The van der Waals surface area contributed by atoms with E-state index in [0.29, 0.717) is 18.5 Å². The zero-order valence-electron chi connectivity index (χ0n) is 16.3. The maximum absolute atomic E-state index is 13.0. The SMILES string of the molecule is Cc1cc(C)c(NC(=O)C2(C(=O)Nc3cccc4cccnc34)CC2)c(C)c1. The second kappa shape index (κ2) is 6.75. The van der Waals surface area contributed by atoms with Crippen LogP contribution >= 0.6 is 0 Å². The fraction of sp³-hybridized carbons (Fsp3) is 0.261. The second-order valence-corrected chi connectivity index (χ2v) is 7.64. The van der Waals surface area contributed by atoms with Crippen molar-refractivity contribution in [2.45, 2.75) is 33.6 Å². The molecule has 0 saturated heterocycles. The van der Waals surface area contributed by atoms with Crippen LogP contribution in [0.25, 0.3) is 10.9 Å². The van der Waals surface area contributed by atoms with Gasteiger partial charge in [-0.1, -0.05) is 35.9 Å². The minimum absolute atomic E-state index is 0.242. The molecule has 1 aliphatic rings. The van der Waals surface area contributed by atoms with Crippen molar-refractivity contribution in [3.8, 4) is 0 Å². The number of anilines is 2. The van der Waals surface area contributed by atoms with Crippen LogP contribution in [0.1, 0.15) is 29.5 Å². The molecule has 0 aliphatic heterocycles. The Kier molecular flexibility index (Phi) is 4.38. The predicted molar refractivity (Wildman–Crippen MR) is 111 cm³/mol. The molecule has 5 nitrogen and oxygen atoms in total. The monoisotopic (exact) mass is 373 g/mol. The van der Waals surface area contributed by atoms with Crippen molar-refractivity contribution in [3.05, 3.63) is 65.4 Å². The molecular formula is C23H23N3O2. The van der Waals surface area contributed by atoms with Crippen molar-refractivity contribution in [1.29, 1.82) is 0 Å². The molecule has 1 aromatic heterocycles. The Balaban J connectivity index is 1.57. The molecule has 1 saturated carbocycles. The first-order chi connectivity index (χ1) is 13.4. The Morgan fingerprint density at radius 1 is 0.929 bits per heavy atom. The lowest BCUT2D eigenvalue weighted by molar-refractivity contribution is -0.131. The standard InChI is InChI=1S/C23H23N3O2/c1-14-12-15(2)19(16(3)13-14)26-22(28)23(9-10-23)21(27)25-18-8-4-6-17-7-5-11-24-20(17)18/h4-8,11-13H,9-10H2,1-3H3,(H,25,27)(H,26,28). The molecule has 28 heavy (non-hydrogen) atoms. The lowest BCUT2D eigenvalue weighted by Gasteiger charge is -2.18. The number of pyridine rings is 1. The number of fused-ring (bicyclic) bond motifs is 1. The van der Waals surface area contributed by atoms with Gasteiger partial charge in [0.1, 0.15) is 5.41 Å². The summed E-state index contributed by atoms with van der Waals surface area (Å²) in [4.78, 5) is 30.4. The predicted octanol–water partition coefficient (Wildman–Crippen LogP) is 4.52. The van der Waals surface area contributed by atoms with Gasteiger partial charge in [0.05, 0.1) is 11.2 Å². The van der Waals surface area contributed by atoms with Crippen LogP contribution in [0.4, 0.5) is 11.4 Å². The number of aromatic nitrogens is 1. The van der Waals surface area contributed by atoms with Crippen LogP contribution in [0, 0.1) is 26.2 Å². The van der Waals surface area contributed by atoms with Gasteiger partial charge >= 0.3 is 0 Å². The van der Waals surface area contributed by atoms with Gasteiger partial charge in [-0.15, -0.1) is 0 Å². The van der Waals surface area contributed by atoms with Gasteiger partial charge in [0, 0.05) is 17.3 Å². The Labute approximate surface area is 164 Å². The van der Waals surface area contributed by atoms with E-state index in [1.165, 1.54) is 0 Å². The molecule has 1 aliphatic carbocycles. The van der Waals surface area contributed by atoms with Crippen LogP contribution in [0.15, 0.2) is 48.7 Å². The first-order valence-corrected chi connectivity index (χ1v) is 9.45. The number of hydrogen-bond acceptors (Lipinski definition) is 3. The van der Waals surface area contributed by atoms with E-state index in [0.717, 1.165) is 33.3 Å². The molecule has 2 N–H and O–H groups in total. The quantitative estimate of drug-likeness (QED) is 0.661.